The van der Waals surface area contributed by atoms with E-state index in [-0.39, 0.29) is 5.92 Å². The molecule has 1 unspecified atom stereocenters. The van der Waals surface area contributed by atoms with Crippen LogP contribution in [0.3, 0.4) is 0 Å². The molecule has 0 N–H and O–H groups in total. The largest absolute Gasteiger partial charge is 0.302 e. The molecule has 1 aliphatic heterocycles. The standard InChI is InChI=1S/C21H26NO/c1-15(2)13-22-10-4-5-20(14-22)21(23)19-9-8-17-11-16(3)6-7-18(17)12-19/h6-9,11-12,20H,4-5,10,13-14H2,1-3H3. The van der Waals surface area contributed by atoms with Gasteiger partial charge in [-0.2, -0.15) is 0 Å². The fourth-order valence-corrected chi connectivity index (χ4v) is 3.61. The van der Waals surface area contributed by atoms with E-state index in [9.17, 15) is 4.79 Å². The Morgan fingerprint density at radius 3 is 2.65 bits per heavy atom. The highest BCUT2D eigenvalue weighted by Gasteiger charge is 2.26. The summed E-state index contributed by atoms with van der Waals surface area (Å²) in [6.45, 7) is 9.46. The van der Waals surface area contributed by atoms with Gasteiger partial charge in [0.05, 0.1) is 0 Å². The van der Waals surface area contributed by atoms with Crippen molar-refractivity contribution in [1.29, 1.82) is 0 Å². The van der Waals surface area contributed by atoms with Crippen molar-refractivity contribution < 1.29 is 4.79 Å². The first kappa shape index (κ1) is 16.2. The highest BCUT2D eigenvalue weighted by molar-refractivity contribution is 6.01. The summed E-state index contributed by atoms with van der Waals surface area (Å²) < 4.78 is 0. The molecule has 23 heavy (non-hydrogen) atoms. The Bertz CT molecular complexity index is 704. The van der Waals surface area contributed by atoms with Crippen LogP contribution in [0.5, 0.6) is 0 Å². The fraction of sp³-hybridized carbons (Fsp3) is 0.429. The van der Waals surface area contributed by atoms with E-state index >= 15 is 0 Å². The van der Waals surface area contributed by atoms with Gasteiger partial charge in [0.25, 0.3) is 0 Å². The Morgan fingerprint density at radius 1 is 1.13 bits per heavy atom. The Morgan fingerprint density at radius 2 is 1.87 bits per heavy atom. The Hall–Kier alpha value is -1.67. The number of likely N-dealkylation sites (tertiary alicyclic amines) is 1. The van der Waals surface area contributed by atoms with Gasteiger partial charge in [0.15, 0.2) is 5.78 Å². The van der Waals surface area contributed by atoms with Gasteiger partial charge in [0.2, 0.25) is 0 Å². The highest BCUT2D eigenvalue weighted by Crippen LogP contribution is 2.24. The van der Waals surface area contributed by atoms with E-state index in [4.69, 9.17) is 0 Å². The lowest BCUT2D eigenvalue weighted by Crippen LogP contribution is -2.40. The zero-order valence-electron chi connectivity index (χ0n) is 14.4. The molecule has 2 nitrogen and oxygen atoms in total. The smallest absolute Gasteiger partial charge is 0.167 e. The van der Waals surface area contributed by atoms with Crippen LogP contribution in [0.1, 0.15) is 42.6 Å². The van der Waals surface area contributed by atoms with Crippen molar-refractivity contribution in [3.8, 4) is 0 Å². The Labute approximate surface area is 139 Å². The van der Waals surface area contributed by atoms with Gasteiger partial charge in [-0.3, -0.25) is 4.79 Å². The number of hydrogen-bond donors (Lipinski definition) is 0. The summed E-state index contributed by atoms with van der Waals surface area (Å²) in [6.07, 6.45) is 2.14. The number of rotatable bonds is 4. The molecule has 0 aliphatic carbocycles. The summed E-state index contributed by atoms with van der Waals surface area (Å²) in [7, 11) is 0. The normalized spacial score (nSPS) is 19.4. The molecule has 0 saturated carbocycles. The quantitative estimate of drug-likeness (QED) is 0.766. The summed E-state index contributed by atoms with van der Waals surface area (Å²) in [5.41, 5.74) is 2.12. The fourth-order valence-electron chi connectivity index (χ4n) is 3.61. The van der Waals surface area contributed by atoms with E-state index in [1.165, 1.54) is 16.9 Å². The molecular formula is C21H26NO. The molecule has 1 atom stereocenters. The molecule has 2 aromatic rings. The number of Topliss-reactive ketones (excluding diaryl/α,β-unsaturated/α-hetero) is 1. The first-order valence-corrected chi connectivity index (χ1v) is 8.59. The van der Waals surface area contributed by atoms with E-state index in [0.29, 0.717) is 5.78 Å². The first-order chi connectivity index (χ1) is 11.0. The Kier molecular flexibility index (Phi) is 4.82. The van der Waals surface area contributed by atoms with Gasteiger partial charge in [-0.05, 0) is 49.1 Å². The van der Waals surface area contributed by atoms with Gasteiger partial charge >= 0.3 is 0 Å². The summed E-state index contributed by atoms with van der Waals surface area (Å²) in [5, 5.41) is 2.37. The van der Waals surface area contributed by atoms with Crippen LogP contribution in [-0.2, 0) is 0 Å². The number of benzene rings is 2. The van der Waals surface area contributed by atoms with E-state index < -0.39 is 0 Å². The number of fused-ring (bicyclic) bond motifs is 1. The second-order valence-corrected chi connectivity index (χ2v) is 7.21. The molecule has 1 heterocycles. The molecule has 2 aromatic carbocycles. The molecular weight excluding hydrogens is 282 g/mol. The Balaban J connectivity index is 1.78. The van der Waals surface area contributed by atoms with Crippen LogP contribution >= 0.6 is 0 Å². The number of nitrogens with zero attached hydrogens (tertiary/aromatic N) is 1. The molecule has 1 aliphatic rings. The zero-order chi connectivity index (χ0) is 16.4. The molecule has 1 radical (unpaired) electrons. The van der Waals surface area contributed by atoms with E-state index in [1.807, 2.05) is 6.07 Å². The van der Waals surface area contributed by atoms with Crippen LogP contribution in [0.15, 0.2) is 36.4 Å². The SMILES string of the molecule is C[C](C)CN1CCCC(C(=O)c2ccc3cc(C)ccc3c2)C1. The molecule has 1 fully saturated rings. The van der Waals surface area contributed by atoms with Crippen LogP contribution in [0.4, 0.5) is 0 Å². The maximum absolute atomic E-state index is 12.9. The third-order valence-corrected chi connectivity index (χ3v) is 4.70. The van der Waals surface area contributed by atoms with Gasteiger partial charge in [-0.15, -0.1) is 0 Å². The van der Waals surface area contributed by atoms with E-state index in [1.54, 1.807) is 0 Å². The van der Waals surface area contributed by atoms with Gasteiger partial charge < -0.3 is 4.90 Å². The number of carbonyl (C=O) groups excluding carboxylic acids is 1. The van der Waals surface area contributed by atoms with E-state index in [2.05, 4.69) is 56.0 Å². The van der Waals surface area contributed by atoms with Crippen molar-refractivity contribution in [1.82, 2.24) is 4.90 Å². The number of carbonyl (C=O) groups is 1. The van der Waals surface area contributed by atoms with Gasteiger partial charge in [0.1, 0.15) is 0 Å². The topological polar surface area (TPSA) is 20.3 Å². The number of aryl methyl sites for hydroxylation is 1. The van der Waals surface area contributed by atoms with Crippen LogP contribution in [0.2, 0.25) is 0 Å². The van der Waals surface area contributed by atoms with Crippen LogP contribution in [0.25, 0.3) is 10.8 Å². The van der Waals surface area contributed by atoms with Crippen molar-refractivity contribution in [2.75, 3.05) is 19.6 Å². The lowest BCUT2D eigenvalue weighted by atomic mass is 9.89. The average Bonchev–Trinajstić information content (AvgIpc) is 2.53. The van der Waals surface area contributed by atoms with Crippen molar-refractivity contribution in [2.24, 2.45) is 5.92 Å². The maximum atomic E-state index is 12.9. The minimum absolute atomic E-state index is 0.144. The monoisotopic (exact) mass is 308 g/mol. The molecule has 0 bridgehead atoms. The van der Waals surface area contributed by atoms with Gasteiger partial charge in [-0.1, -0.05) is 49.7 Å². The molecule has 3 rings (SSSR count). The summed E-state index contributed by atoms with van der Waals surface area (Å²) in [6, 6.07) is 12.5. The van der Waals surface area contributed by atoms with Crippen LogP contribution in [0, 0.1) is 18.8 Å². The maximum Gasteiger partial charge on any atom is 0.167 e. The minimum atomic E-state index is 0.144. The van der Waals surface area contributed by atoms with Crippen molar-refractivity contribution in [3.63, 3.8) is 0 Å². The predicted molar refractivity (Wildman–Crippen MR) is 96.8 cm³/mol. The molecule has 2 heteroatoms. The van der Waals surface area contributed by atoms with Gasteiger partial charge in [0, 0.05) is 24.6 Å². The lowest BCUT2D eigenvalue weighted by Gasteiger charge is -2.33. The van der Waals surface area contributed by atoms with Crippen LogP contribution in [-0.4, -0.2) is 30.3 Å². The second kappa shape index (κ2) is 6.84. The summed E-state index contributed by atoms with van der Waals surface area (Å²) in [4.78, 5) is 15.3. The average molecular weight is 308 g/mol. The molecule has 1 saturated heterocycles. The van der Waals surface area contributed by atoms with Crippen molar-refractivity contribution in [2.45, 2.75) is 33.6 Å². The summed E-state index contributed by atoms with van der Waals surface area (Å²) in [5.74, 6) is 1.87. The van der Waals surface area contributed by atoms with E-state index in [0.717, 1.165) is 43.4 Å². The summed E-state index contributed by atoms with van der Waals surface area (Å²) >= 11 is 0. The second-order valence-electron chi connectivity index (χ2n) is 7.21. The lowest BCUT2D eigenvalue weighted by molar-refractivity contribution is 0.0824. The predicted octanol–water partition coefficient (Wildman–Crippen LogP) is 4.66. The minimum Gasteiger partial charge on any atom is -0.302 e. The van der Waals surface area contributed by atoms with Gasteiger partial charge in [-0.25, -0.2) is 0 Å². The third-order valence-electron chi connectivity index (χ3n) is 4.70. The third kappa shape index (κ3) is 3.81. The van der Waals surface area contributed by atoms with Crippen LogP contribution < -0.4 is 0 Å². The number of ketones is 1. The molecule has 0 amide bonds. The van der Waals surface area contributed by atoms with Crippen molar-refractivity contribution in [3.05, 3.63) is 53.4 Å². The highest BCUT2D eigenvalue weighted by atomic mass is 16.1. The zero-order valence-corrected chi connectivity index (χ0v) is 14.4. The van der Waals surface area contributed by atoms with Crippen molar-refractivity contribution >= 4 is 16.6 Å². The molecule has 121 valence electrons. The molecule has 0 aromatic heterocycles. The first-order valence-electron chi connectivity index (χ1n) is 8.59. The number of piperidine rings is 1. The number of hydrogen-bond acceptors (Lipinski definition) is 2. The molecule has 0 spiro atoms.